The van der Waals surface area contributed by atoms with Crippen LogP contribution in [0.2, 0.25) is 0 Å². The van der Waals surface area contributed by atoms with E-state index in [1.807, 2.05) is 0 Å². The average molecular weight is 337 g/mol. The van der Waals surface area contributed by atoms with E-state index in [2.05, 4.69) is 0 Å². The monoisotopic (exact) mass is 337 g/mol. The lowest BCUT2D eigenvalue weighted by Crippen LogP contribution is -2.47. The van der Waals surface area contributed by atoms with Gasteiger partial charge in [-0.3, -0.25) is 9.69 Å². The molecule has 0 saturated carbocycles. The lowest BCUT2D eigenvalue weighted by atomic mass is 10.0. The van der Waals surface area contributed by atoms with E-state index in [-0.39, 0.29) is 16.1 Å². The molecule has 0 bridgehead atoms. The maximum Gasteiger partial charge on any atom is 0.327 e. The zero-order valence-corrected chi connectivity index (χ0v) is 13.7. The van der Waals surface area contributed by atoms with E-state index in [1.54, 1.807) is 50.5 Å². The van der Waals surface area contributed by atoms with Crippen molar-refractivity contribution in [1.82, 2.24) is 4.90 Å². The molecule has 1 aliphatic heterocycles. The maximum atomic E-state index is 12.4. The Morgan fingerprint density at radius 3 is 2.77 bits per heavy atom. The average Bonchev–Trinajstić information content (AvgIpc) is 3.02. The number of carboxylic acids is 1. The number of thiocarbonyl (C=S) groups is 1. The maximum absolute atomic E-state index is 12.4. The lowest BCUT2D eigenvalue weighted by molar-refractivity contribution is -0.146. The van der Waals surface area contributed by atoms with Crippen molar-refractivity contribution in [3.05, 3.63) is 41.2 Å². The molecule has 7 heteroatoms. The summed E-state index contributed by atoms with van der Waals surface area (Å²) in [5.41, 5.74) is 0. The van der Waals surface area contributed by atoms with Gasteiger partial charge >= 0.3 is 5.97 Å². The summed E-state index contributed by atoms with van der Waals surface area (Å²) in [5, 5.41) is 9.32. The normalized spacial score (nSPS) is 18.9. The molecule has 1 aromatic rings. The van der Waals surface area contributed by atoms with Gasteiger partial charge in [-0.25, -0.2) is 4.79 Å². The van der Waals surface area contributed by atoms with Gasteiger partial charge in [0, 0.05) is 0 Å². The van der Waals surface area contributed by atoms with E-state index in [9.17, 15) is 14.7 Å². The molecule has 0 radical (unpaired) electrons. The van der Waals surface area contributed by atoms with Gasteiger partial charge in [0.1, 0.15) is 16.1 Å². The number of hydrogen-bond acceptors (Lipinski definition) is 5. The number of aliphatic carboxylic acids is 1. The van der Waals surface area contributed by atoms with Crippen LogP contribution >= 0.6 is 24.0 Å². The molecule has 0 aliphatic carbocycles. The van der Waals surface area contributed by atoms with Crippen molar-refractivity contribution in [3.8, 4) is 0 Å². The summed E-state index contributed by atoms with van der Waals surface area (Å²) in [4.78, 5) is 25.4. The summed E-state index contributed by atoms with van der Waals surface area (Å²) >= 11 is 6.27. The highest BCUT2D eigenvalue weighted by atomic mass is 32.2. The Morgan fingerprint density at radius 2 is 2.23 bits per heavy atom. The van der Waals surface area contributed by atoms with E-state index < -0.39 is 12.0 Å². The highest BCUT2D eigenvalue weighted by Gasteiger charge is 2.41. The predicted octanol–water partition coefficient (Wildman–Crippen LogP) is 3.15. The number of carbonyl (C=O) groups excluding carboxylic acids is 1. The van der Waals surface area contributed by atoms with E-state index in [4.69, 9.17) is 16.6 Å². The fourth-order valence-electron chi connectivity index (χ4n) is 2.04. The smallest absolute Gasteiger partial charge is 0.327 e. The van der Waals surface area contributed by atoms with E-state index >= 15 is 0 Å². The quantitative estimate of drug-likeness (QED) is 0.657. The Kier molecular flexibility index (Phi) is 5.20. The SMILES string of the molecule is CC(C)C(C(=O)O)N1C(=O)C(=CC=Cc2ccco2)SC1=S. The number of furan rings is 1. The standard InChI is InChI=1S/C15H15NO4S2/c1-9(2)12(14(18)19)16-13(17)11(22-15(16)21)7-3-5-10-6-4-8-20-10/h3-9,12H,1-2H3,(H,18,19). The molecule has 2 rings (SSSR count). The van der Waals surface area contributed by atoms with E-state index in [1.165, 1.54) is 4.90 Å². The Hall–Kier alpha value is -1.86. The first-order valence-electron chi connectivity index (χ1n) is 6.62. The van der Waals surface area contributed by atoms with Crippen molar-refractivity contribution < 1.29 is 19.1 Å². The number of carboxylic acid groups (broad SMARTS) is 1. The van der Waals surface area contributed by atoms with Gasteiger partial charge in [-0.15, -0.1) is 0 Å². The third-order valence-corrected chi connectivity index (χ3v) is 4.39. The summed E-state index contributed by atoms with van der Waals surface area (Å²) < 4.78 is 5.41. The van der Waals surface area contributed by atoms with Crippen LogP contribution in [-0.4, -0.2) is 32.2 Å². The second-order valence-electron chi connectivity index (χ2n) is 4.98. The van der Waals surface area contributed by atoms with Gasteiger partial charge in [-0.05, 0) is 30.2 Å². The van der Waals surface area contributed by atoms with Crippen molar-refractivity contribution in [2.45, 2.75) is 19.9 Å². The molecule has 22 heavy (non-hydrogen) atoms. The Labute approximate surface area is 137 Å². The summed E-state index contributed by atoms with van der Waals surface area (Å²) in [6, 6.07) is 2.60. The number of carbonyl (C=O) groups is 2. The van der Waals surface area contributed by atoms with Gasteiger partial charge in [0.15, 0.2) is 0 Å². The van der Waals surface area contributed by atoms with Crippen LogP contribution in [0.25, 0.3) is 6.08 Å². The van der Waals surface area contributed by atoms with Gasteiger partial charge in [0.25, 0.3) is 5.91 Å². The van der Waals surface area contributed by atoms with Crippen LogP contribution in [-0.2, 0) is 9.59 Å². The Morgan fingerprint density at radius 1 is 1.50 bits per heavy atom. The van der Waals surface area contributed by atoms with Crippen molar-refractivity contribution in [1.29, 1.82) is 0 Å². The molecule has 1 aromatic heterocycles. The zero-order valence-electron chi connectivity index (χ0n) is 12.1. The van der Waals surface area contributed by atoms with Gasteiger partial charge < -0.3 is 9.52 Å². The van der Waals surface area contributed by atoms with Crippen LogP contribution in [0.5, 0.6) is 0 Å². The molecule has 0 spiro atoms. The topological polar surface area (TPSA) is 70.8 Å². The number of nitrogens with zero attached hydrogens (tertiary/aromatic N) is 1. The summed E-state index contributed by atoms with van der Waals surface area (Å²) in [5.74, 6) is -1.01. The van der Waals surface area contributed by atoms with Gasteiger partial charge in [-0.2, -0.15) is 0 Å². The minimum absolute atomic E-state index is 0.238. The van der Waals surface area contributed by atoms with Gasteiger partial charge in [0.05, 0.1) is 11.2 Å². The van der Waals surface area contributed by atoms with Gasteiger partial charge in [-0.1, -0.05) is 43.9 Å². The molecule has 0 aromatic carbocycles. The molecule has 1 unspecified atom stereocenters. The Bertz CT molecular complexity index is 647. The molecule has 1 saturated heterocycles. The number of rotatable bonds is 5. The number of allylic oxidation sites excluding steroid dienone is 2. The third-order valence-electron chi connectivity index (χ3n) is 3.04. The van der Waals surface area contributed by atoms with E-state index in [0.29, 0.717) is 10.7 Å². The van der Waals surface area contributed by atoms with Crippen LogP contribution in [0.15, 0.2) is 39.9 Å². The molecule has 116 valence electrons. The minimum Gasteiger partial charge on any atom is -0.480 e. The largest absolute Gasteiger partial charge is 0.480 e. The molecule has 1 fully saturated rings. The highest BCUT2D eigenvalue weighted by Crippen LogP contribution is 2.34. The van der Waals surface area contributed by atoms with Crippen LogP contribution in [0.4, 0.5) is 0 Å². The molecule has 1 aliphatic rings. The lowest BCUT2D eigenvalue weighted by Gasteiger charge is -2.26. The predicted molar refractivity (Wildman–Crippen MR) is 89.1 cm³/mol. The molecule has 1 atom stereocenters. The summed E-state index contributed by atoms with van der Waals surface area (Å²) in [7, 11) is 0. The number of thioether (sulfide) groups is 1. The van der Waals surface area contributed by atoms with Crippen molar-refractivity contribution in [2.24, 2.45) is 5.92 Å². The fourth-order valence-corrected chi connectivity index (χ4v) is 3.32. The molecule has 1 amide bonds. The molecule has 2 heterocycles. The van der Waals surface area contributed by atoms with Crippen LogP contribution < -0.4 is 0 Å². The first kappa shape index (κ1) is 16.5. The van der Waals surface area contributed by atoms with Crippen molar-refractivity contribution in [2.75, 3.05) is 0 Å². The second kappa shape index (κ2) is 6.93. The first-order valence-corrected chi connectivity index (χ1v) is 7.84. The van der Waals surface area contributed by atoms with Crippen LogP contribution in [0.3, 0.4) is 0 Å². The Balaban J connectivity index is 2.19. The second-order valence-corrected chi connectivity index (χ2v) is 6.65. The molecule has 1 N–H and O–H groups in total. The molecule has 5 nitrogen and oxygen atoms in total. The fraction of sp³-hybridized carbons (Fsp3) is 0.267. The van der Waals surface area contributed by atoms with Crippen molar-refractivity contribution >= 4 is 46.3 Å². The minimum atomic E-state index is -1.06. The molecular formula is C15H15NO4S2. The summed E-state index contributed by atoms with van der Waals surface area (Å²) in [6.45, 7) is 3.50. The summed E-state index contributed by atoms with van der Waals surface area (Å²) in [6.07, 6.45) is 6.56. The van der Waals surface area contributed by atoms with Crippen molar-refractivity contribution in [3.63, 3.8) is 0 Å². The third kappa shape index (κ3) is 3.48. The molecular weight excluding hydrogens is 322 g/mol. The highest BCUT2D eigenvalue weighted by molar-refractivity contribution is 8.26. The van der Waals surface area contributed by atoms with E-state index in [0.717, 1.165) is 11.8 Å². The van der Waals surface area contributed by atoms with Crippen LogP contribution in [0, 0.1) is 5.92 Å². The number of amides is 1. The zero-order chi connectivity index (χ0) is 16.3. The van der Waals surface area contributed by atoms with Crippen LogP contribution in [0.1, 0.15) is 19.6 Å². The first-order chi connectivity index (χ1) is 10.4. The van der Waals surface area contributed by atoms with Gasteiger partial charge in [0.2, 0.25) is 0 Å². The number of hydrogen-bond donors (Lipinski definition) is 1.